The Morgan fingerprint density at radius 2 is 1.61 bits per heavy atom. The smallest absolute Gasteiger partial charge is 0.238 e. The minimum Gasteiger partial charge on any atom is -0.494 e. The lowest BCUT2D eigenvalue weighted by molar-refractivity contribution is -0.122. The Labute approximate surface area is 137 Å². The third-order valence-corrected chi connectivity index (χ3v) is 4.62. The number of allylic oxidation sites excluding steroid dienone is 2. The molecule has 0 spiro atoms. The minimum absolute atomic E-state index is 0.0686. The van der Waals surface area contributed by atoms with Crippen molar-refractivity contribution in [3.63, 3.8) is 0 Å². The molecule has 4 heteroatoms. The zero-order valence-corrected chi connectivity index (χ0v) is 13.5. The van der Waals surface area contributed by atoms with Crippen LogP contribution in [0.3, 0.4) is 0 Å². The molecule has 0 N–H and O–H groups in total. The molecule has 4 nitrogen and oxygen atoms in total. The van der Waals surface area contributed by atoms with E-state index < -0.39 is 0 Å². The van der Waals surface area contributed by atoms with E-state index in [1.54, 1.807) is 12.1 Å². The van der Waals surface area contributed by atoms with Gasteiger partial charge in [-0.25, -0.2) is 0 Å². The van der Waals surface area contributed by atoms with Crippen LogP contribution in [0.1, 0.15) is 39.0 Å². The van der Waals surface area contributed by atoms with Crippen LogP contribution in [0.2, 0.25) is 0 Å². The SMILES string of the molecule is CCCCCOc1ccc(N2C(=O)[C@H]3CC=CC[C@@H]3C2=O)cc1. The van der Waals surface area contributed by atoms with Crippen molar-refractivity contribution in [2.45, 2.75) is 39.0 Å². The van der Waals surface area contributed by atoms with E-state index in [1.165, 1.54) is 11.3 Å². The molecule has 23 heavy (non-hydrogen) atoms. The molecular weight excluding hydrogens is 290 g/mol. The van der Waals surface area contributed by atoms with Gasteiger partial charge in [-0.15, -0.1) is 0 Å². The molecule has 2 aliphatic rings. The summed E-state index contributed by atoms with van der Waals surface area (Å²) in [5.74, 6) is 0.278. The quantitative estimate of drug-likeness (QED) is 0.457. The Balaban J connectivity index is 1.67. The number of hydrogen-bond donors (Lipinski definition) is 0. The number of anilines is 1. The molecule has 1 aliphatic carbocycles. The summed E-state index contributed by atoms with van der Waals surface area (Å²) < 4.78 is 5.68. The highest BCUT2D eigenvalue weighted by molar-refractivity contribution is 6.22. The van der Waals surface area contributed by atoms with Gasteiger partial charge in [-0.3, -0.25) is 14.5 Å². The molecule has 0 saturated carbocycles. The van der Waals surface area contributed by atoms with Gasteiger partial charge in [0.2, 0.25) is 11.8 Å². The van der Waals surface area contributed by atoms with Gasteiger partial charge in [-0.1, -0.05) is 31.9 Å². The Kier molecular flexibility index (Phi) is 4.79. The fourth-order valence-electron chi connectivity index (χ4n) is 3.29. The zero-order valence-electron chi connectivity index (χ0n) is 13.5. The van der Waals surface area contributed by atoms with Crippen molar-refractivity contribution in [3.8, 4) is 5.75 Å². The summed E-state index contributed by atoms with van der Waals surface area (Å²) in [5.41, 5.74) is 0.648. The summed E-state index contributed by atoms with van der Waals surface area (Å²) in [5, 5.41) is 0. The summed E-state index contributed by atoms with van der Waals surface area (Å²) >= 11 is 0. The van der Waals surface area contributed by atoms with E-state index in [4.69, 9.17) is 4.74 Å². The molecule has 122 valence electrons. The largest absolute Gasteiger partial charge is 0.494 e. The van der Waals surface area contributed by atoms with Crippen LogP contribution in [-0.4, -0.2) is 18.4 Å². The Morgan fingerprint density at radius 1 is 1.00 bits per heavy atom. The number of unbranched alkanes of at least 4 members (excludes halogenated alkanes) is 2. The number of carbonyl (C=O) groups is 2. The number of nitrogens with zero attached hydrogens (tertiary/aromatic N) is 1. The van der Waals surface area contributed by atoms with Gasteiger partial charge < -0.3 is 4.74 Å². The first-order chi connectivity index (χ1) is 11.2. The number of imide groups is 1. The summed E-state index contributed by atoms with van der Waals surface area (Å²) in [4.78, 5) is 26.4. The van der Waals surface area contributed by atoms with Gasteiger partial charge in [-0.05, 0) is 43.5 Å². The topological polar surface area (TPSA) is 46.6 Å². The number of rotatable bonds is 6. The van der Waals surface area contributed by atoms with Gasteiger partial charge in [0, 0.05) is 0 Å². The Morgan fingerprint density at radius 3 is 2.17 bits per heavy atom. The second-order valence-corrected chi connectivity index (χ2v) is 6.22. The zero-order chi connectivity index (χ0) is 16.2. The molecule has 3 rings (SSSR count). The molecule has 1 saturated heterocycles. The van der Waals surface area contributed by atoms with Crippen molar-refractivity contribution in [3.05, 3.63) is 36.4 Å². The van der Waals surface area contributed by atoms with Crippen LogP contribution in [0, 0.1) is 11.8 Å². The summed E-state index contributed by atoms with van der Waals surface area (Å²) in [6.07, 6.45) is 8.71. The van der Waals surface area contributed by atoms with Gasteiger partial charge in [0.05, 0.1) is 24.1 Å². The van der Waals surface area contributed by atoms with Crippen molar-refractivity contribution in [1.82, 2.24) is 0 Å². The second kappa shape index (κ2) is 6.99. The lowest BCUT2D eigenvalue weighted by atomic mass is 9.85. The first-order valence-electron chi connectivity index (χ1n) is 8.48. The van der Waals surface area contributed by atoms with Crippen LogP contribution in [0.15, 0.2) is 36.4 Å². The Hall–Kier alpha value is -2.10. The van der Waals surface area contributed by atoms with E-state index in [0.29, 0.717) is 25.1 Å². The first-order valence-corrected chi connectivity index (χ1v) is 8.48. The monoisotopic (exact) mass is 313 g/mol. The molecule has 2 atom stereocenters. The van der Waals surface area contributed by atoms with Crippen molar-refractivity contribution in [2.75, 3.05) is 11.5 Å². The molecule has 0 aromatic heterocycles. The number of benzene rings is 1. The fourth-order valence-corrected chi connectivity index (χ4v) is 3.29. The summed E-state index contributed by atoms with van der Waals surface area (Å²) in [6, 6.07) is 7.27. The molecule has 1 aliphatic heterocycles. The van der Waals surface area contributed by atoms with E-state index in [2.05, 4.69) is 6.92 Å². The highest BCUT2D eigenvalue weighted by Crippen LogP contribution is 2.37. The first kappa shape index (κ1) is 15.8. The van der Waals surface area contributed by atoms with Gasteiger partial charge >= 0.3 is 0 Å². The van der Waals surface area contributed by atoms with E-state index in [-0.39, 0.29) is 23.7 Å². The summed E-state index contributed by atoms with van der Waals surface area (Å²) in [7, 11) is 0. The third-order valence-electron chi connectivity index (χ3n) is 4.62. The molecule has 0 radical (unpaired) electrons. The van der Waals surface area contributed by atoms with E-state index >= 15 is 0 Å². The summed E-state index contributed by atoms with van der Waals surface area (Å²) in [6.45, 7) is 2.86. The van der Waals surface area contributed by atoms with Crippen molar-refractivity contribution >= 4 is 17.5 Å². The lowest BCUT2D eigenvalue weighted by Crippen LogP contribution is -2.30. The molecule has 1 aromatic rings. The molecular formula is C19H23NO3. The average molecular weight is 313 g/mol. The van der Waals surface area contributed by atoms with Gasteiger partial charge in [0.25, 0.3) is 0 Å². The number of carbonyl (C=O) groups excluding carboxylic acids is 2. The van der Waals surface area contributed by atoms with Gasteiger partial charge in [0.1, 0.15) is 5.75 Å². The van der Waals surface area contributed by atoms with Crippen LogP contribution in [0.4, 0.5) is 5.69 Å². The van der Waals surface area contributed by atoms with Crippen LogP contribution in [0.5, 0.6) is 5.75 Å². The van der Waals surface area contributed by atoms with E-state index in [9.17, 15) is 9.59 Å². The number of amides is 2. The third kappa shape index (κ3) is 3.16. The molecule has 1 heterocycles. The number of ether oxygens (including phenoxy) is 1. The lowest BCUT2D eigenvalue weighted by Gasteiger charge is -2.15. The number of hydrogen-bond acceptors (Lipinski definition) is 3. The predicted molar refractivity (Wildman–Crippen MR) is 89.3 cm³/mol. The van der Waals surface area contributed by atoms with Crippen molar-refractivity contribution in [1.29, 1.82) is 0 Å². The Bertz CT molecular complexity index is 580. The van der Waals surface area contributed by atoms with Crippen LogP contribution in [-0.2, 0) is 9.59 Å². The highest BCUT2D eigenvalue weighted by atomic mass is 16.5. The normalized spacial score (nSPS) is 23.3. The number of fused-ring (bicyclic) bond motifs is 1. The van der Waals surface area contributed by atoms with Crippen molar-refractivity contribution in [2.24, 2.45) is 11.8 Å². The van der Waals surface area contributed by atoms with E-state index in [0.717, 1.165) is 18.6 Å². The minimum atomic E-state index is -0.183. The maximum atomic E-state index is 12.5. The predicted octanol–water partition coefficient (Wildman–Crippen LogP) is 3.71. The molecule has 2 amide bonds. The van der Waals surface area contributed by atoms with Gasteiger partial charge in [0.15, 0.2) is 0 Å². The van der Waals surface area contributed by atoms with E-state index in [1.807, 2.05) is 24.3 Å². The highest BCUT2D eigenvalue weighted by Gasteiger charge is 2.47. The van der Waals surface area contributed by atoms with Crippen LogP contribution < -0.4 is 9.64 Å². The second-order valence-electron chi connectivity index (χ2n) is 6.22. The average Bonchev–Trinajstić information content (AvgIpc) is 2.84. The molecule has 1 aromatic carbocycles. The standard InChI is InChI=1S/C19H23NO3/c1-2-3-6-13-23-15-11-9-14(10-12-15)20-18(21)16-7-4-5-8-17(16)19(20)22/h4-5,9-12,16-17H,2-3,6-8,13H2,1H3/t16-,17-/m0/s1. The van der Waals surface area contributed by atoms with Crippen LogP contribution >= 0.6 is 0 Å². The molecule has 0 bridgehead atoms. The maximum absolute atomic E-state index is 12.5. The molecule has 0 unspecified atom stereocenters. The van der Waals surface area contributed by atoms with Crippen LogP contribution in [0.25, 0.3) is 0 Å². The van der Waals surface area contributed by atoms with Crippen molar-refractivity contribution < 1.29 is 14.3 Å². The fraction of sp³-hybridized carbons (Fsp3) is 0.474. The maximum Gasteiger partial charge on any atom is 0.238 e. The van der Waals surface area contributed by atoms with Gasteiger partial charge in [-0.2, -0.15) is 0 Å². The molecule has 1 fully saturated rings.